The number of nitrogens with two attached hydrogens (primary N) is 1. The Bertz CT molecular complexity index is 528. The topological polar surface area (TPSA) is 92.4 Å². The van der Waals surface area contributed by atoms with Gasteiger partial charge in [-0.15, -0.1) is 0 Å². The van der Waals surface area contributed by atoms with Gasteiger partial charge < -0.3 is 10.8 Å². The van der Waals surface area contributed by atoms with E-state index in [0.717, 1.165) is 18.9 Å². The van der Waals surface area contributed by atoms with E-state index in [1.165, 1.54) is 12.1 Å². The number of halogens is 1. The van der Waals surface area contributed by atoms with Crippen molar-refractivity contribution in [3.05, 3.63) is 24.0 Å². The highest BCUT2D eigenvalue weighted by molar-refractivity contribution is 7.89. The van der Waals surface area contributed by atoms with Crippen molar-refractivity contribution < 1.29 is 17.9 Å². The van der Waals surface area contributed by atoms with E-state index in [0.29, 0.717) is 6.42 Å². The lowest BCUT2D eigenvalue weighted by Gasteiger charge is -2.16. The van der Waals surface area contributed by atoms with Crippen LogP contribution < -0.4 is 10.5 Å². The Morgan fingerprint density at radius 2 is 2.10 bits per heavy atom. The number of aliphatic hydroxyl groups excluding tert-OH is 1. The fourth-order valence-corrected chi connectivity index (χ4v) is 3.25. The monoisotopic (exact) mass is 304 g/mol. The molecular formula is C13H21FN2O3S. The minimum Gasteiger partial charge on any atom is -0.396 e. The molecule has 7 heteroatoms. The van der Waals surface area contributed by atoms with E-state index >= 15 is 0 Å². The first-order chi connectivity index (χ1) is 9.42. The Morgan fingerprint density at radius 3 is 2.70 bits per heavy atom. The molecule has 1 rings (SSSR count). The number of hydrogen-bond acceptors (Lipinski definition) is 4. The number of sulfonamides is 1. The van der Waals surface area contributed by atoms with Crippen molar-refractivity contribution in [2.45, 2.75) is 31.1 Å². The summed E-state index contributed by atoms with van der Waals surface area (Å²) in [5.74, 6) is -0.706. The number of nitrogens with one attached hydrogen (secondary N) is 1. The highest BCUT2D eigenvalue weighted by Gasteiger charge is 2.20. The van der Waals surface area contributed by atoms with Crippen molar-refractivity contribution in [1.82, 2.24) is 4.72 Å². The zero-order valence-electron chi connectivity index (χ0n) is 11.5. The molecule has 0 aromatic heterocycles. The van der Waals surface area contributed by atoms with Crippen LogP contribution >= 0.6 is 0 Å². The minimum atomic E-state index is -3.84. The molecule has 1 aromatic carbocycles. The van der Waals surface area contributed by atoms with Crippen LogP contribution in [-0.4, -0.2) is 26.7 Å². The van der Waals surface area contributed by atoms with E-state index in [4.69, 9.17) is 10.8 Å². The largest absolute Gasteiger partial charge is 0.396 e. The third-order valence-electron chi connectivity index (χ3n) is 3.10. The number of benzene rings is 1. The summed E-state index contributed by atoms with van der Waals surface area (Å²) in [4.78, 5) is -0.253. The van der Waals surface area contributed by atoms with E-state index in [-0.39, 0.29) is 29.7 Å². The fraction of sp³-hybridized carbons (Fsp3) is 0.538. The SMILES string of the molecule is CCCC(CCO)CNS(=O)(=O)c1cccc(F)c1N. The Hall–Kier alpha value is -1.18. The maximum Gasteiger partial charge on any atom is 0.242 e. The molecule has 0 amide bonds. The third kappa shape index (κ3) is 4.43. The zero-order valence-corrected chi connectivity index (χ0v) is 12.3. The van der Waals surface area contributed by atoms with Crippen molar-refractivity contribution in [1.29, 1.82) is 0 Å². The van der Waals surface area contributed by atoms with Crippen molar-refractivity contribution in [2.75, 3.05) is 18.9 Å². The summed E-state index contributed by atoms with van der Waals surface area (Å²) >= 11 is 0. The minimum absolute atomic E-state index is 0.00843. The predicted octanol–water partition coefficient (Wildman–Crippen LogP) is 1.48. The normalized spacial score (nSPS) is 13.3. The highest BCUT2D eigenvalue weighted by atomic mass is 32.2. The second-order valence-electron chi connectivity index (χ2n) is 4.67. The van der Waals surface area contributed by atoms with Crippen LogP contribution in [0.1, 0.15) is 26.2 Å². The molecule has 20 heavy (non-hydrogen) atoms. The quantitative estimate of drug-likeness (QED) is 0.634. The van der Waals surface area contributed by atoms with Crippen molar-refractivity contribution in [2.24, 2.45) is 5.92 Å². The van der Waals surface area contributed by atoms with Crippen molar-refractivity contribution in [3.8, 4) is 0 Å². The van der Waals surface area contributed by atoms with Gasteiger partial charge in [0.05, 0.1) is 5.69 Å². The molecule has 0 aliphatic rings. The van der Waals surface area contributed by atoms with Crippen molar-refractivity contribution >= 4 is 15.7 Å². The molecule has 0 aliphatic heterocycles. The number of rotatable bonds is 8. The van der Waals surface area contributed by atoms with Crippen LogP contribution in [0.3, 0.4) is 0 Å². The predicted molar refractivity (Wildman–Crippen MR) is 76.1 cm³/mol. The Kier molecular flexibility index (Phi) is 6.38. The van der Waals surface area contributed by atoms with E-state index < -0.39 is 15.8 Å². The van der Waals surface area contributed by atoms with Gasteiger partial charge in [0, 0.05) is 13.2 Å². The van der Waals surface area contributed by atoms with Gasteiger partial charge in [-0.2, -0.15) is 0 Å². The second-order valence-corrected chi connectivity index (χ2v) is 6.41. The molecule has 0 bridgehead atoms. The number of anilines is 1. The lowest BCUT2D eigenvalue weighted by molar-refractivity contribution is 0.251. The summed E-state index contributed by atoms with van der Waals surface area (Å²) < 4.78 is 39.9. The lowest BCUT2D eigenvalue weighted by Crippen LogP contribution is -2.30. The smallest absolute Gasteiger partial charge is 0.242 e. The van der Waals surface area contributed by atoms with Gasteiger partial charge in [-0.1, -0.05) is 19.4 Å². The average Bonchev–Trinajstić information content (AvgIpc) is 2.39. The molecule has 1 unspecified atom stereocenters. The van der Waals surface area contributed by atoms with Crippen LogP contribution in [0.4, 0.5) is 10.1 Å². The molecule has 0 fully saturated rings. The van der Waals surface area contributed by atoms with Gasteiger partial charge in [0.2, 0.25) is 10.0 Å². The number of para-hydroxylation sites is 1. The Morgan fingerprint density at radius 1 is 1.40 bits per heavy atom. The van der Waals surface area contributed by atoms with E-state index in [2.05, 4.69) is 4.72 Å². The molecule has 0 radical (unpaired) electrons. The lowest BCUT2D eigenvalue weighted by atomic mass is 10.0. The van der Waals surface area contributed by atoms with Crippen molar-refractivity contribution in [3.63, 3.8) is 0 Å². The maximum absolute atomic E-state index is 13.3. The maximum atomic E-state index is 13.3. The molecule has 0 aliphatic carbocycles. The molecular weight excluding hydrogens is 283 g/mol. The van der Waals surface area contributed by atoms with Crippen LogP contribution in [0.5, 0.6) is 0 Å². The average molecular weight is 304 g/mol. The molecule has 4 N–H and O–H groups in total. The summed E-state index contributed by atoms with van der Waals surface area (Å²) in [6, 6.07) is 3.68. The molecule has 0 heterocycles. The van der Waals surface area contributed by atoms with Gasteiger partial charge in [-0.05, 0) is 30.9 Å². The molecule has 0 saturated carbocycles. The molecule has 5 nitrogen and oxygen atoms in total. The van der Waals surface area contributed by atoms with E-state index in [9.17, 15) is 12.8 Å². The van der Waals surface area contributed by atoms with Crippen LogP contribution in [0.15, 0.2) is 23.1 Å². The van der Waals surface area contributed by atoms with E-state index in [1.54, 1.807) is 0 Å². The first kappa shape index (κ1) is 16.9. The molecule has 1 aromatic rings. The van der Waals surface area contributed by atoms with Crippen LogP contribution in [0.25, 0.3) is 0 Å². The summed E-state index contributed by atoms with van der Waals surface area (Å²) in [5, 5.41) is 8.94. The van der Waals surface area contributed by atoms with E-state index in [1.807, 2.05) is 6.92 Å². The Balaban J connectivity index is 2.81. The summed E-state index contributed by atoms with van der Waals surface area (Å²) in [5.41, 5.74) is 5.08. The Labute approximate surface area is 119 Å². The molecule has 1 atom stereocenters. The van der Waals surface area contributed by atoms with Gasteiger partial charge in [0.25, 0.3) is 0 Å². The van der Waals surface area contributed by atoms with Gasteiger partial charge in [0.1, 0.15) is 10.7 Å². The number of hydrogen-bond donors (Lipinski definition) is 3. The zero-order chi connectivity index (χ0) is 15.2. The highest BCUT2D eigenvalue weighted by Crippen LogP contribution is 2.21. The summed E-state index contributed by atoms with van der Waals surface area (Å²) in [7, 11) is -3.84. The molecule has 114 valence electrons. The third-order valence-corrected chi connectivity index (χ3v) is 4.58. The first-order valence-corrected chi connectivity index (χ1v) is 8.05. The second kappa shape index (κ2) is 7.56. The summed E-state index contributed by atoms with van der Waals surface area (Å²) in [6.45, 7) is 2.20. The van der Waals surface area contributed by atoms with Crippen LogP contribution in [-0.2, 0) is 10.0 Å². The number of aliphatic hydroxyl groups is 1. The molecule has 0 saturated heterocycles. The van der Waals surface area contributed by atoms with Crippen LogP contribution in [0, 0.1) is 11.7 Å². The summed E-state index contributed by atoms with van der Waals surface area (Å²) in [6.07, 6.45) is 2.23. The van der Waals surface area contributed by atoms with Gasteiger partial charge in [0.15, 0.2) is 0 Å². The van der Waals surface area contributed by atoms with Gasteiger partial charge in [-0.25, -0.2) is 17.5 Å². The fourth-order valence-electron chi connectivity index (χ4n) is 2.00. The number of nitrogen functional groups attached to an aromatic ring is 1. The van der Waals surface area contributed by atoms with Gasteiger partial charge in [-0.3, -0.25) is 0 Å². The molecule has 0 spiro atoms. The first-order valence-electron chi connectivity index (χ1n) is 6.56. The standard InChI is InChI=1S/C13H21FN2O3S/c1-2-4-10(7-8-17)9-16-20(18,19)12-6-3-5-11(14)13(12)15/h3,5-6,10,16-17H,2,4,7-9,15H2,1H3. The van der Waals surface area contributed by atoms with Gasteiger partial charge >= 0.3 is 0 Å². The van der Waals surface area contributed by atoms with Crippen LogP contribution in [0.2, 0.25) is 0 Å².